The zero-order valence-corrected chi connectivity index (χ0v) is 15.8. The second kappa shape index (κ2) is 9.02. The summed E-state index contributed by atoms with van der Waals surface area (Å²) in [5, 5.41) is 13.8. The van der Waals surface area contributed by atoms with Gasteiger partial charge in [0.2, 0.25) is 0 Å². The minimum Gasteiger partial charge on any atom is -0.481 e. The van der Waals surface area contributed by atoms with Crippen LogP contribution in [0, 0.1) is 11.3 Å². The van der Waals surface area contributed by atoms with Gasteiger partial charge < -0.3 is 10.1 Å². The van der Waals surface area contributed by atoms with Crippen molar-refractivity contribution in [3.63, 3.8) is 0 Å². The van der Waals surface area contributed by atoms with Crippen LogP contribution in [0.3, 0.4) is 0 Å². The molecule has 0 aliphatic carbocycles. The van der Waals surface area contributed by atoms with Crippen molar-refractivity contribution in [2.75, 3.05) is 6.54 Å². The molecule has 4 nitrogen and oxygen atoms in total. The van der Waals surface area contributed by atoms with Gasteiger partial charge in [0, 0.05) is 11.4 Å². The maximum Gasteiger partial charge on any atom is 0.260 e. The predicted molar refractivity (Wildman–Crippen MR) is 108 cm³/mol. The van der Waals surface area contributed by atoms with Crippen molar-refractivity contribution in [3.8, 4) is 22.9 Å². The van der Waals surface area contributed by atoms with E-state index in [4.69, 9.17) is 10.00 Å². The maximum atomic E-state index is 12.2. The zero-order chi connectivity index (χ0) is 19.1. The van der Waals surface area contributed by atoms with Gasteiger partial charge in [-0.15, -0.1) is 11.3 Å². The molecule has 27 heavy (non-hydrogen) atoms. The first-order valence-electron chi connectivity index (χ1n) is 8.73. The summed E-state index contributed by atoms with van der Waals surface area (Å²) in [5.74, 6) is 0.524. The summed E-state index contributed by atoms with van der Waals surface area (Å²) in [6.45, 7) is 2.35. The number of benzene rings is 2. The molecule has 0 aliphatic heterocycles. The molecular weight excluding hydrogens is 356 g/mol. The lowest BCUT2D eigenvalue weighted by Gasteiger charge is -2.15. The van der Waals surface area contributed by atoms with E-state index in [1.54, 1.807) is 30.4 Å². The highest BCUT2D eigenvalue weighted by molar-refractivity contribution is 7.09. The fourth-order valence-electron chi connectivity index (χ4n) is 2.63. The number of rotatable bonds is 7. The van der Waals surface area contributed by atoms with Gasteiger partial charge in [0.25, 0.3) is 5.91 Å². The van der Waals surface area contributed by atoms with Crippen LogP contribution in [0.1, 0.15) is 17.4 Å². The summed E-state index contributed by atoms with van der Waals surface area (Å²) < 4.78 is 5.74. The number of carbonyl (C=O) groups is 1. The predicted octanol–water partition coefficient (Wildman–Crippen LogP) is 4.41. The molecule has 1 N–H and O–H groups in total. The molecule has 0 saturated heterocycles. The third-order valence-electron chi connectivity index (χ3n) is 4.13. The van der Waals surface area contributed by atoms with Crippen molar-refractivity contribution in [1.82, 2.24) is 5.32 Å². The lowest BCUT2D eigenvalue weighted by molar-refractivity contribution is -0.127. The van der Waals surface area contributed by atoms with Crippen molar-refractivity contribution < 1.29 is 9.53 Å². The number of nitrogens with zero attached hydrogens (tertiary/aromatic N) is 1. The van der Waals surface area contributed by atoms with Crippen LogP contribution in [0.2, 0.25) is 0 Å². The first-order valence-corrected chi connectivity index (χ1v) is 9.61. The normalized spacial score (nSPS) is 11.4. The smallest absolute Gasteiger partial charge is 0.260 e. The van der Waals surface area contributed by atoms with Gasteiger partial charge in [-0.2, -0.15) is 5.26 Å². The Hall–Kier alpha value is -3.10. The molecule has 1 amide bonds. The van der Waals surface area contributed by atoms with Gasteiger partial charge in [0.1, 0.15) is 5.75 Å². The number of hydrogen-bond acceptors (Lipinski definition) is 4. The SMILES string of the molecule is CC(Oc1ccc(-c2ccc(C#N)cc2)cc1)C(=O)NCCc1cccs1. The van der Waals surface area contributed by atoms with Crippen LogP contribution in [0.15, 0.2) is 66.0 Å². The molecule has 3 aromatic rings. The quantitative estimate of drug-likeness (QED) is 0.664. The molecule has 2 aromatic carbocycles. The minimum atomic E-state index is -0.561. The summed E-state index contributed by atoms with van der Waals surface area (Å²) >= 11 is 1.69. The van der Waals surface area contributed by atoms with Crippen LogP contribution >= 0.6 is 11.3 Å². The number of hydrogen-bond donors (Lipinski definition) is 1. The van der Waals surface area contributed by atoms with Gasteiger partial charge in [-0.3, -0.25) is 4.79 Å². The van der Waals surface area contributed by atoms with Gasteiger partial charge in [-0.05, 0) is 60.2 Å². The summed E-state index contributed by atoms with van der Waals surface area (Å²) in [5.41, 5.74) is 2.69. The molecule has 1 unspecified atom stereocenters. The van der Waals surface area contributed by atoms with E-state index in [1.807, 2.05) is 47.8 Å². The number of carbonyl (C=O) groups excluding carboxylic acids is 1. The summed E-state index contributed by atoms with van der Waals surface area (Å²) in [7, 11) is 0. The fraction of sp³-hybridized carbons (Fsp3) is 0.182. The Morgan fingerprint density at radius 1 is 1.11 bits per heavy atom. The third kappa shape index (κ3) is 5.19. The second-order valence-electron chi connectivity index (χ2n) is 6.09. The summed E-state index contributed by atoms with van der Waals surface area (Å²) in [6.07, 6.45) is 0.268. The largest absolute Gasteiger partial charge is 0.481 e. The molecule has 0 spiro atoms. The highest BCUT2D eigenvalue weighted by atomic mass is 32.1. The summed E-state index contributed by atoms with van der Waals surface area (Å²) in [6, 6.07) is 21.2. The molecule has 0 aliphatic rings. The number of nitriles is 1. The Morgan fingerprint density at radius 2 is 1.78 bits per heavy atom. The fourth-order valence-corrected chi connectivity index (χ4v) is 3.34. The van der Waals surface area contributed by atoms with Crippen LogP contribution in [0.5, 0.6) is 5.75 Å². The van der Waals surface area contributed by atoms with Crippen molar-refractivity contribution in [1.29, 1.82) is 5.26 Å². The lowest BCUT2D eigenvalue weighted by Crippen LogP contribution is -2.37. The topological polar surface area (TPSA) is 62.1 Å². The Kier molecular flexibility index (Phi) is 6.24. The number of amides is 1. The average Bonchev–Trinajstić information content (AvgIpc) is 3.22. The Bertz CT molecular complexity index is 910. The highest BCUT2D eigenvalue weighted by Gasteiger charge is 2.14. The average molecular weight is 376 g/mol. The van der Waals surface area contributed by atoms with E-state index in [1.165, 1.54) is 4.88 Å². The molecule has 1 atom stereocenters. The molecular formula is C22H20N2O2S. The third-order valence-corrected chi connectivity index (χ3v) is 5.07. The van der Waals surface area contributed by atoms with Gasteiger partial charge in [0.15, 0.2) is 6.10 Å². The molecule has 1 aromatic heterocycles. The van der Waals surface area contributed by atoms with E-state index >= 15 is 0 Å². The standard InChI is InChI=1S/C22H20N2O2S/c1-16(22(25)24-13-12-21-3-2-14-27-21)26-20-10-8-19(9-11-20)18-6-4-17(15-23)5-7-18/h2-11,14,16H,12-13H2,1H3,(H,24,25). The van der Waals surface area contributed by atoms with Gasteiger partial charge in [0.05, 0.1) is 11.6 Å². The number of thiophene rings is 1. The maximum absolute atomic E-state index is 12.2. The minimum absolute atomic E-state index is 0.122. The molecule has 0 saturated carbocycles. The number of nitrogens with one attached hydrogen (secondary N) is 1. The Labute approximate surface area is 163 Å². The summed E-state index contributed by atoms with van der Waals surface area (Å²) in [4.78, 5) is 13.4. The van der Waals surface area contributed by atoms with E-state index in [2.05, 4.69) is 17.5 Å². The Balaban J connectivity index is 1.52. The van der Waals surface area contributed by atoms with Crippen LogP contribution in [0.25, 0.3) is 11.1 Å². The van der Waals surface area contributed by atoms with Crippen LogP contribution < -0.4 is 10.1 Å². The molecule has 5 heteroatoms. The van der Waals surface area contributed by atoms with E-state index in [9.17, 15) is 4.79 Å². The van der Waals surface area contributed by atoms with Crippen LogP contribution in [0.4, 0.5) is 0 Å². The van der Waals surface area contributed by atoms with Gasteiger partial charge in [-0.25, -0.2) is 0 Å². The number of ether oxygens (including phenoxy) is 1. The molecule has 0 bridgehead atoms. The van der Waals surface area contributed by atoms with Crippen molar-refractivity contribution >= 4 is 17.2 Å². The van der Waals surface area contributed by atoms with Crippen LogP contribution in [-0.2, 0) is 11.2 Å². The second-order valence-corrected chi connectivity index (χ2v) is 7.13. The molecule has 0 radical (unpaired) electrons. The van der Waals surface area contributed by atoms with E-state index in [0.717, 1.165) is 17.5 Å². The Morgan fingerprint density at radius 3 is 2.37 bits per heavy atom. The molecule has 0 fully saturated rings. The van der Waals surface area contributed by atoms with Gasteiger partial charge in [-0.1, -0.05) is 30.3 Å². The van der Waals surface area contributed by atoms with E-state index in [0.29, 0.717) is 17.9 Å². The molecule has 1 heterocycles. The molecule has 136 valence electrons. The van der Waals surface area contributed by atoms with Gasteiger partial charge >= 0.3 is 0 Å². The van der Waals surface area contributed by atoms with Crippen molar-refractivity contribution in [2.24, 2.45) is 0 Å². The molecule has 3 rings (SSSR count). The highest BCUT2D eigenvalue weighted by Crippen LogP contribution is 2.23. The van der Waals surface area contributed by atoms with E-state index in [-0.39, 0.29) is 5.91 Å². The zero-order valence-electron chi connectivity index (χ0n) is 15.0. The van der Waals surface area contributed by atoms with E-state index < -0.39 is 6.10 Å². The van der Waals surface area contributed by atoms with Crippen molar-refractivity contribution in [2.45, 2.75) is 19.4 Å². The first kappa shape index (κ1) is 18.7. The monoisotopic (exact) mass is 376 g/mol. The van der Waals surface area contributed by atoms with Crippen LogP contribution in [-0.4, -0.2) is 18.6 Å². The first-order chi connectivity index (χ1) is 13.2. The lowest BCUT2D eigenvalue weighted by atomic mass is 10.0. The van der Waals surface area contributed by atoms with Crippen molar-refractivity contribution in [3.05, 3.63) is 76.5 Å².